The molecule has 0 aromatic carbocycles. The average Bonchev–Trinajstić information content (AvgIpc) is 2.60. The fraction of sp³-hybridized carbons (Fsp3) is 1.00. The van der Waals surface area contributed by atoms with Crippen LogP contribution in [0, 0.1) is 0 Å². The van der Waals surface area contributed by atoms with Crippen LogP contribution < -0.4 is 0 Å². The molecule has 0 radical (unpaired) electrons. The molecule has 0 fully saturated rings. The molecule has 0 aliphatic rings. The normalized spacial score (nSPS) is 14.6. The number of methoxy groups -OCH3 is 1. The zero-order chi connectivity index (χ0) is 26.9. The third-order valence-corrected chi connectivity index (χ3v) is 23.6. The number of nitrogens with zero attached hydrogens (tertiary/aromatic N) is 1. The molecule has 0 saturated heterocycles. The Balaban J connectivity index is 4.98. The molecule has 6 nitrogen and oxygen atoms in total. The molecule has 0 aliphatic carbocycles. The molecule has 9 heteroatoms. The van der Waals surface area contributed by atoms with E-state index < -0.39 is 25.2 Å². The summed E-state index contributed by atoms with van der Waals surface area (Å²) < 4.78 is 31.4. The molecule has 0 spiro atoms. The van der Waals surface area contributed by atoms with Gasteiger partial charge in [0.15, 0.2) is 16.6 Å². The van der Waals surface area contributed by atoms with Crippen molar-refractivity contribution in [2.45, 2.75) is 96.8 Å². The smallest absolute Gasteiger partial charge is 0.314 e. The van der Waals surface area contributed by atoms with Crippen LogP contribution in [0.4, 0.5) is 0 Å². The van der Waals surface area contributed by atoms with Crippen molar-refractivity contribution in [3.63, 3.8) is 0 Å². The quantitative estimate of drug-likeness (QED) is 0.124. The van der Waals surface area contributed by atoms with Gasteiger partial charge in [0.2, 0.25) is 0 Å². The molecule has 0 saturated carbocycles. The minimum atomic E-state index is -2.34. The Labute approximate surface area is 216 Å². The maximum absolute atomic E-state index is 7.12. The molecule has 0 unspecified atom stereocenters. The van der Waals surface area contributed by atoms with Gasteiger partial charge >= 0.3 is 8.56 Å². The number of rotatable bonds is 17. The lowest BCUT2D eigenvalue weighted by molar-refractivity contribution is -0.890. The van der Waals surface area contributed by atoms with Gasteiger partial charge in [0.1, 0.15) is 6.54 Å². The second kappa shape index (κ2) is 13.8. The Morgan fingerprint density at radius 2 is 1.03 bits per heavy atom. The summed E-state index contributed by atoms with van der Waals surface area (Å²) in [5.74, 6) is 0. The van der Waals surface area contributed by atoms with E-state index in [-0.39, 0.29) is 10.1 Å². The standard InChI is InChI=1S/C25H60NO5Si3/c1-24(2,3)32(10,11)30-34(14,31-33(12,13)25(4,5)6)23-15-16-26(7,8)17-18-28-21-22-29-20-19-27-9/h15-23H2,1-14H3/q+1. The molecular weight excluding hydrogens is 479 g/mol. The molecule has 0 rings (SSSR count). The first-order valence-corrected chi connectivity index (χ1v) is 21.4. The Morgan fingerprint density at radius 3 is 1.44 bits per heavy atom. The molecular formula is C25H60NO5Si3+. The first kappa shape index (κ1) is 34.4. The number of quaternary nitrogens is 1. The van der Waals surface area contributed by atoms with Crippen LogP contribution >= 0.6 is 0 Å². The summed E-state index contributed by atoms with van der Waals surface area (Å²) in [6.07, 6.45) is 1.11. The van der Waals surface area contributed by atoms with Crippen LogP contribution in [0.25, 0.3) is 0 Å². The number of hydrogen-bond acceptors (Lipinski definition) is 5. The van der Waals surface area contributed by atoms with Gasteiger partial charge < -0.3 is 26.9 Å². The van der Waals surface area contributed by atoms with Gasteiger partial charge in [0.25, 0.3) is 0 Å². The topological polar surface area (TPSA) is 46.2 Å². The van der Waals surface area contributed by atoms with E-state index in [0.29, 0.717) is 26.4 Å². The van der Waals surface area contributed by atoms with E-state index in [2.05, 4.69) is 88.4 Å². The summed E-state index contributed by atoms with van der Waals surface area (Å²) in [6.45, 7) is 31.1. The maximum atomic E-state index is 7.12. The van der Waals surface area contributed by atoms with E-state index in [1.54, 1.807) is 7.11 Å². The second-order valence-electron chi connectivity index (χ2n) is 13.6. The Bertz CT molecular complexity index is 544. The minimum absolute atomic E-state index is 0.179. The highest BCUT2D eigenvalue weighted by atomic mass is 28.5. The SMILES string of the molecule is COCCOCCOCC[N+](C)(C)CCC[Si](C)(O[Si](C)(C)C(C)(C)C)O[Si](C)(C)C(C)(C)C. The van der Waals surface area contributed by atoms with Gasteiger partial charge in [-0.1, -0.05) is 41.5 Å². The van der Waals surface area contributed by atoms with E-state index >= 15 is 0 Å². The molecule has 0 atom stereocenters. The second-order valence-corrected chi connectivity index (χ2v) is 27.0. The van der Waals surface area contributed by atoms with E-state index in [1.807, 2.05) is 0 Å². The van der Waals surface area contributed by atoms with Crippen LogP contribution in [-0.2, 0) is 22.4 Å². The molecule has 0 aromatic rings. The molecule has 34 heavy (non-hydrogen) atoms. The first-order valence-electron chi connectivity index (χ1n) is 13.0. The van der Waals surface area contributed by atoms with E-state index in [1.165, 1.54) is 0 Å². The molecule has 206 valence electrons. The van der Waals surface area contributed by atoms with Gasteiger partial charge in [-0.2, -0.15) is 0 Å². The minimum Gasteiger partial charge on any atom is -0.436 e. The van der Waals surface area contributed by atoms with Crippen molar-refractivity contribution in [1.82, 2.24) is 0 Å². The number of likely N-dealkylation sites (N-methyl/N-ethyl adjacent to an activating group) is 1. The molecule has 0 amide bonds. The maximum Gasteiger partial charge on any atom is 0.314 e. The molecule has 0 aliphatic heterocycles. The van der Waals surface area contributed by atoms with Crippen molar-refractivity contribution in [1.29, 1.82) is 0 Å². The van der Waals surface area contributed by atoms with Crippen LogP contribution in [0.1, 0.15) is 48.0 Å². The third kappa shape index (κ3) is 13.1. The Morgan fingerprint density at radius 1 is 0.618 bits per heavy atom. The van der Waals surface area contributed by atoms with Crippen molar-refractivity contribution in [3.05, 3.63) is 0 Å². The highest BCUT2D eigenvalue weighted by molar-refractivity contribution is 6.89. The van der Waals surface area contributed by atoms with Gasteiger partial charge in [0.05, 0.1) is 53.7 Å². The van der Waals surface area contributed by atoms with Crippen molar-refractivity contribution in [3.8, 4) is 0 Å². The molecule has 0 aromatic heterocycles. The Hall–Kier alpha value is 0.411. The van der Waals surface area contributed by atoms with Crippen LogP contribution in [0.5, 0.6) is 0 Å². The summed E-state index contributed by atoms with van der Waals surface area (Å²) in [5, 5.41) is 0.357. The molecule has 0 N–H and O–H groups in total. The summed E-state index contributed by atoms with van der Waals surface area (Å²) in [7, 11) is 0.0782. The summed E-state index contributed by atoms with van der Waals surface area (Å²) in [6, 6.07) is 1.04. The Kier molecular flexibility index (Phi) is 14.0. The fourth-order valence-corrected chi connectivity index (χ4v) is 16.5. The van der Waals surface area contributed by atoms with Crippen molar-refractivity contribution in [2.75, 3.05) is 67.3 Å². The van der Waals surface area contributed by atoms with Crippen LogP contribution in [0.15, 0.2) is 0 Å². The average molecular weight is 539 g/mol. The lowest BCUT2D eigenvalue weighted by atomic mass is 10.2. The predicted molar refractivity (Wildman–Crippen MR) is 153 cm³/mol. The number of ether oxygens (including phenoxy) is 3. The highest BCUT2D eigenvalue weighted by Gasteiger charge is 2.50. The fourth-order valence-electron chi connectivity index (χ4n) is 3.22. The van der Waals surface area contributed by atoms with Crippen molar-refractivity contribution >= 4 is 25.2 Å². The largest absolute Gasteiger partial charge is 0.436 e. The van der Waals surface area contributed by atoms with Crippen LogP contribution in [-0.4, -0.2) is 97.0 Å². The lowest BCUT2D eigenvalue weighted by Crippen LogP contribution is -2.59. The first-order chi connectivity index (χ1) is 15.2. The van der Waals surface area contributed by atoms with Gasteiger partial charge in [-0.15, -0.1) is 0 Å². The van der Waals surface area contributed by atoms with Crippen LogP contribution in [0.3, 0.4) is 0 Å². The predicted octanol–water partition coefficient (Wildman–Crippen LogP) is 6.25. The summed E-state index contributed by atoms with van der Waals surface area (Å²) >= 11 is 0. The summed E-state index contributed by atoms with van der Waals surface area (Å²) in [4.78, 5) is 0. The molecule has 0 heterocycles. The summed E-state index contributed by atoms with van der Waals surface area (Å²) in [5.41, 5.74) is 0. The van der Waals surface area contributed by atoms with Crippen LogP contribution in [0.2, 0.25) is 48.9 Å². The highest BCUT2D eigenvalue weighted by Crippen LogP contribution is 2.43. The van der Waals surface area contributed by atoms with Gasteiger partial charge in [-0.3, -0.25) is 0 Å². The van der Waals surface area contributed by atoms with Gasteiger partial charge in [0, 0.05) is 7.11 Å². The zero-order valence-electron chi connectivity index (χ0n) is 25.4. The lowest BCUT2D eigenvalue weighted by Gasteiger charge is -2.48. The zero-order valence-corrected chi connectivity index (χ0v) is 28.4. The molecule has 0 bridgehead atoms. The number of hydrogen-bond donors (Lipinski definition) is 0. The third-order valence-electron chi connectivity index (χ3n) is 7.59. The van der Waals surface area contributed by atoms with E-state index in [9.17, 15) is 0 Å². The van der Waals surface area contributed by atoms with E-state index in [0.717, 1.165) is 36.6 Å². The van der Waals surface area contributed by atoms with Gasteiger partial charge in [-0.25, -0.2) is 0 Å². The monoisotopic (exact) mass is 538 g/mol. The van der Waals surface area contributed by atoms with Crippen molar-refractivity contribution < 1.29 is 26.9 Å². The van der Waals surface area contributed by atoms with E-state index in [4.69, 9.17) is 22.4 Å². The van der Waals surface area contributed by atoms with Crippen molar-refractivity contribution in [2.24, 2.45) is 0 Å². The van der Waals surface area contributed by atoms with Gasteiger partial charge in [-0.05, 0) is 55.3 Å².